The van der Waals surface area contributed by atoms with Gasteiger partial charge in [-0.2, -0.15) is 0 Å². The van der Waals surface area contributed by atoms with E-state index in [0.29, 0.717) is 35.7 Å². The highest BCUT2D eigenvalue weighted by Crippen LogP contribution is 2.19. The van der Waals surface area contributed by atoms with Crippen molar-refractivity contribution in [1.82, 2.24) is 0 Å². The summed E-state index contributed by atoms with van der Waals surface area (Å²) >= 11 is 0. The molecule has 26 heavy (non-hydrogen) atoms. The monoisotopic (exact) mass is 356 g/mol. The van der Waals surface area contributed by atoms with Gasteiger partial charge >= 0.3 is 0 Å². The standard InChI is InChI=1S/C19H24N4O3/c20-15-2-7-18(21)14(13-15)1-8-19(26)22-16-3-5-17(6-4-16)23(9-11-24)10-12-25/h1-8,13,24-25H,9-12,20-21H2,(H,22,26). The van der Waals surface area contributed by atoms with Crippen LogP contribution in [0.5, 0.6) is 0 Å². The van der Waals surface area contributed by atoms with Crippen molar-refractivity contribution in [3.05, 3.63) is 54.1 Å². The average Bonchev–Trinajstić information content (AvgIpc) is 2.63. The molecule has 0 saturated heterocycles. The fourth-order valence-corrected chi connectivity index (χ4v) is 2.45. The number of nitrogens with zero attached hydrogens (tertiary/aromatic N) is 1. The van der Waals surface area contributed by atoms with Gasteiger partial charge in [-0.05, 0) is 54.1 Å². The Kier molecular flexibility index (Phi) is 7.02. The molecule has 0 aliphatic rings. The third-order valence-electron chi connectivity index (χ3n) is 3.76. The number of nitrogens with one attached hydrogen (secondary N) is 1. The van der Waals surface area contributed by atoms with Crippen LogP contribution in [0, 0.1) is 0 Å². The van der Waals surface area contributed by atoms with Crippen molar-refractivity contribution in [3.63, 3.8) is 0 Å². The van der Waals surface area contributed by atoms with E-state index in [-0.39, 0.29) is 19.1 Å². The van der Waals surface area contributed by atoms with Gasteiger partial charge < -0.3 is 31.9 Å². The molecule has 138 valence electrons. The summed E-state index contributed by atoms with van der Waals surface area (Å²) in [6, 6.07) is 12.3. The summed E-state index contributed by atoms with van der Waals surface area (Å²) < 4.78 is 0. The summed E-state index contributed by atoms with van der Waals surface area (Å²) in [4.78, 5) is 13.9. The molecule has 0 unspecified atom stereocenters. The molecule has 0 atom stereocenters. The lowest BCUT2D eigenvalue weighted by atomic mass is 10.1. The first kappa shape index (κ1) is 19.3. The summed E-state index contributed by atoms with van der Waals surface area (Å²) in [7, 11) is 0. The molecular formula is C19H24N4O3. The molecule has 0 heterocycles. The van der Waals surface area contributed by atoms with Gasteiger partial charge in [-0.15, -0.1) is 0 Å². The first-order valence-electron chi connectivity index (χ1n) is 8.24. The van der Waals surface area contributed by atoms with Crippen molar-refractivity contribution in [3.8, 4) is 0 Å². The Bertz CT molecular complexity index is 754. The highest BCUT2D eigenvalue weighted by Gasteiger charge is 2.06. The van der Waals surface area contributed by atoms with E-state index >= 15 is 0 Å². The maximum absolute atomic E-state index is 12.1. The predicted molar refractivity (Wildman–Crippen MR) is 106 cm³/mol. The fraction of sp³-hybridized carbons (Fsp3) is 0.211. The van der Waals surface area contributed by atoms with Crippen LogP contribution in [0.25, 0.3) is 6.08 Å². The molecule has 0 saturated carbocycles. The number of benzene rings is 2. The number of carbonyl (C=O) groups excluding carboxylic acids is 1. The number of anilines is 4. The normalized spacial score (nSPS) is 10.8. The number of hydrogen-bond donors (Lipinski definition) is 5. The van der Waals surface area contributed by atoms with Crippen molar-refractivity contribution in [2.45, 2.75) is 0 Å². The second-order valence-electron chi connectivity index (χ2n) is 5.69. The van der Waals surface area contributed by atoms with Crippen molar-refractivity contribution < 1.29 is 15.0 Å². The number of amides is 1. The number of aliphatic hydroxyl groups is 2. The van der Waals surface area contributed by atoms with E-state index in [2.05, 4.69) is 5.32 Å². The van der Waals surface area contributed by atoms with E-state index in [1.165, 1.54) is 6.08 Å². The summed E-state index contributed by atoms with van der Waals surface area (Å²) in [5.41, 5.74) is 14.8. The molecule has 0 radical (unpaired) electrons. The maximum Gasteiger partial charge on any atom is 0.248 e. The van der Waals surface area contributed by atoms with Gasteiger partial charge in [-0.25, -0.2) is 0 Å². The Morgan fingerprint density at radius 2 is 1.69 bits per heavy atom. The van der Waals surface area contributed by atoms with Crippen LogP contribution in [0.3, 0.4) is 0 Å². The second-order valence-corrected chi connectivity index (χ2v) is 5.69. The van der Waals surface area contributed by atoms with Crippen LogP contribution in [-0.4, -0.2) is 42.4 Å². The molecule has 0 spiro atoms. The van der Waals surface area contributed by atoms with Crippen LogP contribution in [0.1, 0.15) is 5.56 Å². The van der Waals surface area contributed by atoms with E-state index in [9.17, 15) is 4.79 Å². The SMILES string of the molecule is Nc1ccc(N)c(C=CC(=O)Nc2ccc(N(CCO)CCO)cc2)c1. The number of nitrogen functional groups attached to an aromatic ring is 2. The first-order chi connectivity index (χ1) is 12.5. The summed E-state index contributed by atoms with van der Waals surface area (Å²) in [6.45, 7) is 0.847. The van der Waals surface area contributed by atoms with Gasteiger partial charge in [0, 0.05) is 41.9 Å². The minimum Gasteiger partial charge on any atom is -0.399 e. The van der Waals surface area contributed by atoms with Gasteiger partial charge in [0.25, 0.3) is 0 Å². The van der Waals surface area contributed by atoms with Gasteiger partial charge in [0.15, 0.2) is 0 Å². The van der Waals surface area contributed by atoms with Gasteiger partial charge in [0.1, 0.15) is 0 Å². The van der Waals surface area contributed by atoms with Crippen LogP contribution >= 0.6 is 0 Å². The molecule has 2 rings (SSSR count). The molecule has 0 fully saturated rings. The largest absolute Gasteiger partial charge is 0.399 e. The third kappa shape index (κ3) is 5.51. The van der Waals surface area contributed by atoms with Crippen LogP contribution in [0.2, 0.25) is 0 Å². The molecule has 0 aliphatic heterocycles. The predicted octanol–water partition coefficient (Wildman–Crippen LogP) is 1.29. The lowest BCUT2D eigenvalue weighted by Crippen LogP contribution is -2.29. The molecule has 0 aromatic heterocycles. The zero-order chi connectivity index (χ0) is 18.9. The smallest absolute Gasteiger partial charge is 0.248 e. The lowest BCUT2D eigenvalue weighted by molar-refractivity contribution is -0.111. The zero-order valence-corrected chi connectivity index (χ0v) is 14.4. The Morgan fingerprint density at radius 3 is 2.31 bits per heavy atom. The third-order valence-corrected chi connectivity index (χ3v) is 3.76. The highest BCUT2D eigenvalue weighted by molar-refractivity contribution is 6.02. The Morgan fingerprint density at radius 1 is 1.04 bits per heavy atom. The van der Waals surface area contributed by atoms with E-state index in [4.69, 9.17) is 21.7 Å². The maximum atomic E-state index is 12.1. The molecule has 7 nitrogen and oxygen atoms in total. The summed E-state index contributed by atoms with van der Waals surface area (Å²) in [6.07, 6.45) is 3.00. The van der Waals surface area contributed by atoms with Gasteiger partial charge in [0.05, 0.1) is 13.2 Å². The highest BCUT2D eigenvalue weighted by atomic mass is 16.3. The number of rotatable bonds is 8. The topological polar surface area (TPSA) is 125 Å². The summed E-state index contributed by atoms with van der Waals surface area (Å²) in [5.74, 6) is -0.290. The summed E-state index contributed by atoms with van der Waals surface area (Å²) in [5, 5.41) is 20.9. The molecule has 7 N–H and O–H groups in total. The van der Waals surface area contributed by atoms with Crippen LogP contribution in [0.4, 0.5) is 22.7 Å². The molecule has 2 aromatic rings. The Labute approximate surface area is 152 Å². The van der Waals surface area contributed by atoms with Gasteiger partial charge in [0.2, 0.25) is 5.91 Å². The molecule has 1 amide bonds. The van der Waals surface area contributed by atoms with E-state index in [0.717, 1.165) is 5.69 Å². The van der Waals surface area contributed by atoms with E-state index in [1.54, 1.807) is 36.4 Å². The van der Waals surface area contributed by atoms with Crippen molar-refractivity contribution >= 4 is 34.7 Å². The minimum absolute atomic E-state index is 0.00356. The van der Waals surface area contributed by atoms with Crippen LogP contribution in [0.15, 0.2) is 48.5 Å². The number of aliphatic hydroxyl groups excluding tert-OH is 2. The number of hydrogen-bond acceptors (Lipinski definition) is 6. The van der Waals surface area contributed by atoms with Crippen molar-refractivity contribution in [2.75, 3.05) is 48.0 Å². The minimum atomic E-state index is -0.290. The fourth-order valence-electron chi connectivity index (χ4n) is 2.45. The first-order valence-corrected chi connectivity index (χ1v) is 8.24. The Balaban J connectivity index is 2.00. The second kappa shape index (κ2) is 9.45. The molecule has 7 heteroatoms. The van der Waals surface area contributed by atoms with Crippen LogP contribution in [-0.2, 0) is 4.79 Å². The molecular weight excluding hydrogens is 332 g/mol. The van der Waals surface area contributed by atoms with E-state index in [1.807, 2.05) is 17.0 Å². The zero-order valence-electron chi connectivity index (χ0n) is 14.4. The number of nitrogens with two attached hydrogens (primary N) is 2. The van der Waals surface area contributed by atoms with E-state index < -0.39 is 0 Å². The number of carbonyl (C=O) groups is 1. The molecule has 0 bridgehead atoms. The molecule has 0 aliphatic carbocycles. The van der Waals surface area contributed by atoms with Gasteiger partial charge in [-0.3, -0.25) is 4.79 Å². The van der Waals surface area contributed by atoms with Crippen LogP contribution < -0.4 is 21.7 Å². The van der Waals surface area contributed by atoms with Crippen molar-refractivity contribution in [2.24, 2.45) is 0 Å². The van der Waals surface area contributed by atoms with Crippen molar-refractivity contribution in [1.29, 1.82) is 0 Å². The quantitative estimate of drug-likeness (QED) is 0.359. The Hall–Kier alpha value is -3.03. The molecule has 2 aromatic carbocycles. The van der Waals surface area contributed by atoms with Gasteiger partial charge in [-0.1, -0.05) is 0 Å². The average molecular weight is 356 g/mol. The lowest BCUT2D eigenvalue weighted by Gasteiger charge is -2.23.